The van der Waals surface area contributed by atoms with Gasteiger partial charge >= 0.3 is 29.6 Å². The Morgan fingerprint density at radius 2 is 1.83 bits per heavy atom. The van der Waals surface area contributed by atoms with Crippen LogP contribution in [-0.2, 0) is 14.9 Å². The number of hydrogen-bond donors (Lipinski definition) is 3. The van der Waals surface area contributed by atoms with Crippen LogP contribution in [0.5, 0.6) is 0 Å². The van der Waals surface area contributed by atoms with Crippen molar-refractivity contribution in [2.24, 2.45) is 58.7 Å². The van der Waals surface area contributed by atoms with Crippen molar-refractivity contribution < 1.29 is 57.5 Å². The van der Waals surface area contributed by atoms with Crippen molar-refractivity contribution in [3.63, 3.8) is 0 Å². The van der Waals surface area contributed by atoms with E-state index >= 15 is 0 Å². The molecule has 0 spiro atoms. The van der Waals surface area contributed by atoms with E-state index in [2.05, 4.69) is 33.0 Å². The molecule has 0 bridgehead atoms. The number of aliphatic hydroxyl groups excluding tert-OH is 2. The zero-order valence-electron chi connectivity index (χ0n) is 22.9. The van der Waals surface area contributed by atoms with Crippen molar-refractivity contribution in [1.29, 1.82) is 0 Å². The van der Waals surface area contributed by atoms with E-state index in [-0.39, 0.29) is 71.5 Å². The number of amides is 1. The van der Waals surface area contributed by atoms with Gasteiger partial charge in [0.15, 0.2) is 0 Å². The maximum absolute atomic E-state index is 12.5. The van der Waals surface area contributed by atoms with Crippen molar-refractivity contribution in [2.45, 2.75) is 91.3 Å². The number of hydrogen-bond acceptors (Lipinski definition) is 6. The first kappa shape index (κ1) is 30.8. The first-order valence-corrected chi connectivity index (χ1v) is 15.5. The molecule has 9 heteroatoms. The summed E-state index contributed by atoms with van der Waals surface area (Å²) >= 11 is 0. The van der Waals surface area contributed by atoms with Crippen molar-refractivity contribution in [3.8, 4) is 0 Å². The molecule has 36 heavy (non-hydrogen) atoms. The predicted molar refractivity (Wildman–Crippen MR) is 133 cm³/mol. The summed E-state index contributed by atoms with van der Waals surface area (Å²) in [6.45, 7) is 9.00. The molecule has 4 aliphatic rings. The predicted octanol–water partition coefficient (Wildman–Crippen LogP) is 0.161. The van der Waals surface area contributed by atoms with E-state index in [9.17, 15) is 28.0 Å². The molecule has 7 nitrogen and oxygen atoms in total. The van der Waals surface area contributed by atoms with Gasteiger partial charge in [-0.1, -0.05) is 34.1 Å². The number of rotatable bonds is 7. The van der Waals surface area contributed by atoms with Gasteiger partial charge in [-0.05, 0) is 97.2 Å². The molecule has 0 heterocycles. The van der Waals surface area contributed by atoms with E-state index in [1.807, 2.05) is 0 Å². The fraction of sp³-hybridized carbons (Fsp3) is 0.963. The van der Waals surface area contributed by atoms with Crippen LogP contribution in [0.1, 0.15) is 79.1 Å². The zero-order chi connectivity index (χ0) is 25.7. The summed E-state index contributed by atoms with van der Waals surface area (Å²) in [5.74, 6) is 2.71. The molecule has 0 aromatic carbocycles. The van der Waals surface area contributed by atoms with Gasteiger partial charge < -0.3 is 20.1 Å². The number of fused-ring (bicyclic) bond motifs is 5. The molecular weight excluding hydrogens is 489 g/mol. The summed E-state index contributed by atoms with van der Waals surface area (Å²) in [6.07, 6.45) is 6.73. The second-order valence-electron chi connectivity index (χ2n) is 12.8. The fourth-order valence-corrected chi connectivity index (χ4v) is 9.96. The normalized spacial score (nSPS) is 45.0. The number of aliphatic hydroxyl groups is 2. The maximum atomic E-state index is 12.5. The average Bonchev–Trinajstić information content (AvgIpc) is 3.21. The Morgan fingerprint density at radius 3 is 2.47 bits per heavy atom. The minimum Gasteiger partial charge on any atom is -0.748 e. The summed E-state index contributed by atoms with van der Waals surface area (Å²) in [5.41, 5.74) is 0.175. The first-order valence-electron chi connectivity index (χ1n) is 13.9. The van der Waals surface area contributed by atoms with Crippen molar-refractivity contribution in [1.82, 2.24) is 5.32 Å². The van der Waals surface area contributed by atoms with Crippen LogP contribution in [0.15, 0.2) is 0 Å². The molecule has 3 N–H and O–H groups in total. The number of carbonyl (C=O) groups is 1. The Labute approximate surface area is 240 Å². The summed E-state index contributed by atoms with van der Waals surface area (Å²) in [7, 11) is -4.33. The third kappa shape index (κ3) is 5.90. The summed E-state index contributed by atoms with van der Waals surface area (Å²) < 4.78 is 32.4. The van der Waals surface area contributed by atoms with E-state index < -0.39 is 15.9 Å². The van der Waals surface area contributed by atoms with Crippen molar-refractivity contribution in [2.75, 3.05) is 12.3 Å². The molecule has 12 atom stereocenters. The molecule has 0 aromatic rings. The van der Waals surface area contributed by atoms with Crippen LogP contribution >= 0.6 is 0 Å². The van der Waals surface area contributed by atoms with Gasteiger partial charge in [0.1, 0.15) is 0 Å². The molecule has 4 rings (SSSR count). The summed E-state index contributed by atoms with van der Waals surface area (Å²) in [5, 5.41) is 24.8. The van der Waals surface area contributed by atoms with Crippen LogP contribution in [0.3, 0.4) is 0 Å². The van der Waals surface area contributed by atoms with Gasteiger partial charge in [0.05, 0.1) is 28.1 Å². The first-order chi connectivity index (χ1) is 16.4. The number of nitrogens with one attached hydrogen (secondary N) is 1. The zero-order valence-corrected chi connectivity index (χ0v) is 25.7. The van der Waals surface area contributed by atoms with Crippen LogP contribution in [0, 0.1) is 58.7 Å². The molecule has 0 aromatic heterocycles. The second kappa shape index (κ2) is 11.8. The second-order valence-corrected chi connectivity index (χ2v) is 14.3. The van der Waals surface area contributed by atoms with E-state index in [1.165, 1.54) is 0 Å². The smallest absolute Gasteiger partial charge is 0.748 e. The molecule has 0 unspecified atom stereocenters. The van der Waals surface area contributed by atoms with Crippen molar-refractivity contribution in [3.05, 3.63) is 0 Å². The van der Waals surface area contributed by atoms with Gasteiger partial charge in [0.2, 0.25) is 5.91 Å². The molecule has 4 saturated carbocycles. The molecule has 0 aliphatic heterocycles. The third-order valence-electron chi connectivity index (χ3n) is 11.0. The van der Waals surface area contributed by atoms with Gasteiger partial charge in [-0.25, -0.2) is 8.42 Å². The standard InChI is InChI=1S/C27H47NO6S.Na/c1-5-18-21-14-17(29)8-9-27(21,4)22-12-16(3)24-19(6-7-20(24)25(22)26(18)31)15(2)13-23(30)28-10-11-35(32,33)34;/h15-22,24-26,29,31H,5-14H2,1-4H3,(H,28,30)(H,32,33,34);/q;+1/p-1/t15-,16-,17-,18-,19+,20-,21+,22+,24-,25+,26-,27+;/m1./s1. The van der Waals surface area contributed by atoms with Crippen LogP contribution in [-0.4, -0.2) is 53.6 Å². The third-order valence-corrected chi connectivity index (χ3v) is 11.7. The van der Waals surface area contributed by atoms with E-state index in [0.29, 0.717) is 47.8 Å². The van der Waals surface area contributed by atoms with Crippen LogP contribution in [0.25, 0.3) is 0 Å². The Kier molecular flexibility index (Phi) is 10.1. The van der Waals surface area contributed by atoms with Crippen LogP contribution in [0.2, 0.25) is 0 Å². The molecule has 0 radical (unpaired) electrons. The average molecular weight is 536 g/mol. The summed E-state index contributed by atoms with van der Waals surface area (Å²) in [4.78, 5) is 12.5. The van der Waals surface area contributed by atoms with E-state index in [0.717, 1.165) is 44.9 Å². The fourth-order valence-electron chi connectivity index (χ4n) is 9.61. The van der Waals surface area contributed by atoms with Gasteiger partial charge in [0, 0.05) is 13.0 Å². The molecule has 1 amide bonds. The van der Waals surface area contributed by atoms with E-state index in [4.69, 9.17) is 0 Å². The Hall–Kier alpha value is 0.300. The van der Waals surface area contributed by atoms with Gasteiger partial charge in [0.25, 0.3) is 0 Å². The molecule has 202 valence electrons. The monoisotopic (exact) mass is 535 g/mol. The maximum Gasteiger partial charge on any atom is 1.00 e. The Bertz CT molecular complexity index is 885. The van der Waals surface area contributed by atoms with Crippen LogP contribution < -0.4 is 34.9 Å². The van der Waals surface area contributed by atoms with E-state index in [1.54, 1.807) is 0 Å². The summed E-state index contributed by atoms with van der Waals surface area (Å²) in [6, 6.07) is 0. The van der Waals surface area contributed by atoms with Gasteiger partial charge in [-0.3, -0.25) is 4.79 Å². The van der Waals surface area contributed by atoms with Gasteiger partial charge in [-0.2, -0.15) is 0 Å². The largest absolute Gasteiger partial charge is 1.00 e. The van der Waals surface area contributed by atoms with Gasteiger partial charge in [-0.15, -0.1) is 0 Å². The number of carbonyl (C=O) groups excluding carboxylic acids is 1. The minimum absolute atomic E-state index is 0. The molecule has 4 aliphatic carbocycles. The minimum atomic E-state index is -4.33. The van der Waals surface area contributed by atoms with Crippen molar-refractivity contribution >= 4 is 16.0 Å². The Balaban J connectivity index is 0.00000361. The molecular formula is C27H46NNaO6S. The quantitative estimate of drug-likeness (QED) is 0.315. The van der Waals surface area contributed by atoms with Crippen LogP contribution in [0.4, 0.5) is 0 Å². The topological polar surface area (TPSA) is 127 Å². The SMILES string of the molecule is CC[C@H]1[C@@H](O)[C@H]2[C@@H]3CC[C@@H]([C@H](C)CC(=O)NCCS(=O)(=O)[O-])[C@H]3[C@H](C)C[C@@H]2[C@@]2(C)CC[C@@H](O)C[C@@H]12.[Na+]. The molecule has 4 fully saturated rings. The Morgan fingerprint density at radius 1 is 1.14 bits per heavy atom. The molecule has 0 saturated heterocycles.